The standard InChI is InChI=1S/C29H20Cl2N2O7/c30-28-18-8-1-2-9-19(18)29(31,21-11-4-3-10-20(21)28)25-24(28)26(36)32(27(25)37)13-12-23(35)40-15-22(34)16-6-5-7-17(14-16)33(38)39/h1-11,14,24-25H,12-13,15H2/t24-,25+,28?,29?. The normalized spacial score (nSPS) is 25.7. The molecule has 1 heterocycles. The number of halogens is 2. The van der Waals surface area contributed by atoms with Crippen molar-refractivity contribution >= 4 is 52.5 Å². The Morgan fingerprint density at radius 3 is 1.82 bits per heavy atom. The molecule has 0 unspecified atom stereocenters. The number of imide groups is 1. The molecule has 2 amide bonds. The number of likely N-dealkylation sites (tertiary alicyclic amines) is 1. The Morgan fingerprint density at radius 2 is 1.35 bits per heavy atom. The summed E-state index contributed by atoms with van der Waals surface area (Å²) >= 11 is 14.7. The minimum Gasteiger partial charge on any atom is -0.457 e. The zero-order valence-electron chi connectivity index (χ0n) is 20.7. The van der Waals surface area contributed by atoms with Crippen LogP contribution in [0.1, 0.15) is 39.0 Å². The zero-order valence-corrected chi connectivity index (χ0v) is 22.2. The van der Waals surface area contributed by atoms with Crippen molar-refractivity contribution in [3.05, 3.63) is 111 Å². The van der Waals surface area contributed by atoms with Gasteiger partial charge in [-0.25, -0.2) is 0 Å². The number of Topliss-reactive ketones (excluding diaryl/α,β-unsaturated/α-hetero) is 1. The van der Waals surface area contributed by atoms with E-state index in [2.05, 4.69) is 0 Å². The molecule has 7 rings (SSSR count). The predicted octanol–water partition coefficient (Wildman–Crippen LogP) is 4.30. The molecular formula is C29H20Cl2N2O7. The molecule has 0 N–H and O–H groups in total. The monoisotopic (exact) mass is 578 g/mol. The van der Waals surface area contributed by atoms with Crippen LogP contribution >= 0.6 is 23.2 Å². The third-order valence-electron chi connectivity index (χ3n) is 7.96. The van der Waals surface area contributed by atoms with E-state index in [4.69, 9.17) is 27.9 Å². The number of hydrogen-bond acceptors (Lipinski definition) is 7. The number of rotatable bonds is 7. The second-order valence-electron chi connectivity index (χ2n) is 9.94. The molecule has 4 aliphatic rings. The van der Waals surface area contributed by atoms with Crippen LogP contribution in [0, 0.1) is 22.0 Å². The lowest BCUT2D eigenvalue weighted by atomic mass is 9.54. The predicted molar refractivity (Wildman–Crippen MR) is 143 cm³/mol. The Morgan fingerprint density at radius 1 is 0.850 bits per heavy atom. The molecule has 3 aromatic carbocycles. The van der Waals surface area contributed by atoms with Crippen LogP contribution in [-0.2, 0) is 28.9 Å². The number of nitrogens with zero attached hydrogens (tertiary/aromatic N) is 2. The third-order valence-corrected chi connectivity index (χ3v) is 9.24. The summed E-state index contributed by atoms with van der Waals surface area (Å²) in [5.41, 5.74) is 2.45. The Hall–Kier alpha value is -4.08. The van der Waals surface area contributed by atoms with Crippen LogP contribution in [0.4, 0.5) is 5.69 Å². The fourth-order valence-corrected chi connectivity index (χ4v) is 7.34. The molecule has 2 bridgehead atoms. The summed E-state index contributed by atoms with van der Waals surface area (Å²) in [4.78, 5) is 61.1. The molecule has 3 aromatic rings. The molecule has 40 heavy (non-hydrogen) atoms. The van der Waals surface area contributed by atoms with Crippen molar-refractivity contribution in [1.29, 1.82) is 0 Å². The smallest absolute Gasteiger partial charge is 0.308 e. The molecule has 0 spiro atoms. The largest absolute Gasteiger partial charge is 0.457 e. The molecule has 1 aliphatic heterocycles. The number of non-ortho nitro benzene ring substituents is 1. The van der Waals surface area contributed by atoms with Crippen molar-refractivity contribution in [3.8, 4) is 0 Å². The number of hydrogen-bond donors (Lipinski definition) is 0. The van der Waals surface area contributed by atoms with E-state index in [1.807, 2.05) is 48.5 Å². The van der Waals surface area contributed by atoms with Gasteiger partial charge in [-0.2, -0.15) is 0 Å². The SMILES string of the molecule is O=C(CCN1C(=O)[C@@H]2[C@H](C1=O)C1(Cl)c3ccccc3C2(Cl)c2ccccc21)OCC(=O)c1cccc([N+](=O)[O-])c1. The lowest BCUT2D eigenvalue weighted by Gasteiger charge is -2.54. The van der Waals surface area contributed by atoms with Crippen molar-refractivity contribution in [1.82, 2.24) is 4.90 Å². The Labute approximate surface area is 237 Å². The van der Waals surface area contributed by atoms with Crippen LogP contribution in [-0.4, -0.2) is 46.5 Å². The van der Waals surface area contributed by atoms with Gasteiger partial charge in [0.2, 0.25) is 17.6 Å². The average molecular weight is 579 g/mol. The van der Waals surface area contributed by atoms with Gasteiger partial charge in [-0.15, -0.1) is 23.2 Å². The van der Waals surface area contributed by atoms with E-state index >= 15 is 0 Å². The molecule has 2 atom stereocenters. The highest BCUT2D eigenvalue weighted by Crippen LogP contribution is 2.69. The minimum atomic E-state index is -1.32. The van der Waals surface area contributed by atoms with Crippen LogP contribution in [0.5, 0.6) is 0 Å². The number of carbonyl (C=O) groups excluding carboxylic acids is 4. The fourth-order valence-electron chi connectivity index (χ4n) is 6.24. The summed E-state index contributed by atoms with van der Waals surface area (Å²) in [7, 11) is 0. The molecule has 0 saturated carbocycles. The van der Waals surface area contributed by atoms with Gasteiger partial charge in [0.15, 0.2) is 6.61 Å². The first-order valence-electron chi connectivity index (χ1n) is 12.5. The van der Waals surface area contributed by atoms with E-state index in [0.29, 0.717) is 22.3 Å². The van der Waals surface area contributed by atoms with E-state index in [9.17, 15) is 29.3 Å². The highest BCUT2D eigenvalue weighted by molar-refractivity contribution is 6.36. The molecule has 1 fully saturated rings. The molecular weight excluding hydrogens is 559 g/mol. The summed E-state index contributed by atoms with van der Waals surface area (Å²) < 4.78 is 5.04. The quantitative estimate of drug-likeness (QED) is 0.102. The van der Waals surface area contributed by atoms with Crippen molar-refractivity contribution in [3.63, 3.8) is 0 Å². The number of ether oxygens (including phenoxy) is 1. The molecule has 1 saturated heterocycles. The second-order valence-corrected chi connectivity index (χ2v) is 11.1. The number of benzene rings is 3. The number of nitro benzene ring substituents is 1. The van der Waals surface area contributed by atoms with E-state index in [0.717, 1.165) is 11.0 Å². The average Bonchev–Trinajstić information content (AvgIpc) is 3.23. The van der Waals surface area contributed by atoms with E-state index in [1.54, 1.807) is 0 Å². The number of ketones is 1. The van der Waals surface area contributed by atoms with Gasteiger partial charge in [0, 0.05) is 24.2 Å². The summed E-state index contributed by atoms with van der Waals surface area (Å²) in [6.07, 6.45) is -0.358. The van der Waals surface area contributed by atoms with Gasteiger partial charge in [-0.3, -0.25) is 34.2 Å². The van der Waals surface area contributed by atoms with Gasteiger partial charge in [-0.05, 0) is 22.3 Å². The van der Waals surface area contributed by atoms with Crippen LogP contribution in [0.2, 0.25) is 0 Å². The van der Waals surface area contributed by atoms with Crippen LogP contribution < -0.4 is 0 Å². The lowest BCUT2D eigenvalue weighted by Crippen LogP contribution is -2.57. The third kappa shape index (κ3) is 3.54. The lowest BCUT2D eigenvalue weighted by molar-refractivity contribution is -0.384. The maximum Gasteiger partial charge on any atom is 0.308 e. The van der Waals surface area contributed by atoms with Crippen molar-refractivity contribution in [2.75, 3.05) is 13.2 Å². The maximum atomic E-state index is 13.8. The van der Waals surface area contributed by atoms with Crippen molar-refractivity contribution in [2.24, 2.45) is 11.8 Å². The van der Waals surface area contributed by atoms with Crippen molar-refractivity contribution in [2.45, 2.75) is 16.2 Å². The zero-order chi connectivity index (χ0) is 28.4. The Kier molecular flexibility index (Phi) is 6.05. The number of esters is 1. The maximum absolute atomic E-state index is 13.8. The van der Waals surface area contributed by atoms with Crippen molar-refractivity contribution < 1.29 is 28.8 Å². The van der Waals surface area contributed by atoms with E-state index in [-0.39, 0.29) is 24.2 Å². The topological polar surface area (TPSA) is 124 Å². The van der Waals surface area contributed by atoms with Gasteiger partial charge >= 0.3 is 5.97 Å². The fraction of sp³-hybridized carbons (Fsp3) is 0.241. The van der Waals surface area contributed by atoms with Crippen LogP contribution in [0.25, 0.3) is 0 Å². The molecule has 9 nitrogen and oxygen atoms in total. The first-order chi connectivity index (χ1) is 19.1. The number of carbonyl (C=O) groups is 4. The first kappa shape index (κ1) is 26.2. The van der Waals surface area contributed by atoms with E-state index in [1.165, 1.54) is 18.2 Å². The molecule has 11 heteroatoms. The highest BCUT2D eigenvalue weighted by Gasteiger charge is 2.72. The van der Waals surface area contributed by atoms with Gasteiger partial charge in [0.05, 0.1) is 23.2 Å². The number of amides is 2. The summed E-state index contributed by atoms with van der Waals surface area (Å²) in [6.45, 7) is -0.922. The molecule has 0 aromatic heterocycles. The van der Waals surface area contributed by atoms with Gasteiger partial charge in [0.25, 0.3) is 5.69 Å². The second kappa shape index (κ2) is 9.25. The minimum absolute atomic E-state index is 0.0189. The number of nitro groups is 1. The van der Waals surface area contributed by atoms with Gasteiger partial charge in [-0.1, -0.05) is 60.7 Å². The van der Waals surface area contributed by atoms with Crippen LogP contribution in [0.3, 0.4) is 0 Å². The summed E-state index contributed by atoms with van der Waals surface area (Å²) in [5, 5.41) is 10.9. The van der Waals surface area contributed by atoms with Crippen LogP contribution in [0.15, 0.2) is 72.8 Å². The Bertz CT molecular complexity index is 1520. The summed E-state index contributed by atoms with van der Waals surface area (Å²) in [5.74, 6) is -4.45. The van der Waals surface area contributed by atoms with Gasteiger partial charge < -0.3 is 4.74 Å². The summed E-state index contributed by atoms with van der Waals surface area (Å²) in [6, 6.07) is 19.6. The highest BCUT2D eigenvalue weighted by atomic mass is 35.5. The number of alkyl halides is 2. The Balaban J connectivity index is 1.21. The molecule has 0 radical (unpaired) electrons. The molecule has 3 aliphatic carbocycles. The van der Waals surface area contributed by atoms with Gasteiger partial charge in [0.1, 0.15) is 9.75 Å². The van der Waals surface area contributed by atoms with E-state index < -0.39 is 56.7 Å². The molecule has 202 valence electrons. The first-order valence-corrected chi connectivity index (χ1v) is 13.2.